The average Bonchev–Trinajstić information content (AvgIpc) is 2.59. The first-order valence-electron chi connectivity index (χ1n) is 4.53. The second-order valence-electron chi connectivity index (χ2n) is 4.05. The van der Waals surface area contributed by atoms with Crippen LogP contribution >= 0.6 is 22.9 Å². The molecule has 0 bridgehead atoms. The molecule has 1 saturated carbocycles. The van der Waals surface area contributed by atoms with Gasteiger partial charge in [-0.05, 0) is 30.7 Å². The highest BCUT2D eigenvalue weighted by Crippen LogP contribution is 2.45. The van der Waals surface area contributed by atoms with Crippen molar-refractivity contribution in [2.45, 2.75) is 37.7 Å². The van der Waals surface area contributed by atoms with Gasteiger partial charge in [-0.3, -0.25) is 0 Å². The number of aliphatic hydroxyl groups is 1. The monoisotopic (exact) mass is 216 g/mol. The quantitative estimate of drug-likeness (QED) is 0.765. The van der Waals surface area contributed by atoms with E-state index in [0.29, 0.717) is 0 Å². The second-order valence-corrected chi connectivity index (χ2v) is 5.38. The van der Waals surface area contributed by atoms with Crippen molar-refractivity contribution in [1.82, 2.24) is 0 Å². The second kappa shape index (κ2) is 3.26. The molecule has 2 rings (SSSR count). The summed E-state index contributed by atoms with van der Waals surface area (Å²) in [4.78, 5) is 1.24. The van der Waals surface area contributed by atoms with Crippen LogP contribution < -0.4 is 0 Å². The summed E-state index contributed by atoms with van der Waals surface area (Å²) in [6, 6.07) is 1.94. The lowest BCUT2D eigenvalue weighted by molar-refractivity contribution is 0.175. The van der Waals surface area contributed by atoms with Crippen LogP contribution in [-0.2, 0) is 5.41 Å². The van der Waals surface area contributed by atoms with Gasteiger partial charge < -0.3 is 5.11 Å². The lowest BCUT2D eigenvalue weighted by Crippen LogP contribution is -2.17. The van der Waals surface area contributed by atoms with Crippen molar-refractivity contribution < 1.29 is 5.11 Å². The molecule has 1 heterocycles. The van der Waals surface area contributed by atoms with Crippen LogP contribution in [0.15, 0.2) is 11.4 Å². The fourth-order valence-corrected chi connectivity index (χ4v) is 3.63. The molecule has 72 valence electrons. The van der Waals surface area contributed by atoms with E-state index in [0.717, 1.165) is 24.3 Å². The minimum absolute atomic E-state index is 0.116. The molecule has 1 aliphatic rings. The van der Waals surface area contributed by atoms with E-state index in [9.17, 15) is 5.11 Å². The zero-order chi connectivity index (χ0) is 9.47. The Labute approximate surface area is 87.4 Å². The Balaban J connectivity index is 2.30. The number of hydrogen-bond donors (Lipinski definition) is 1. The molecule has 1 aliphatic carbocycles. The predicted octanol–water partition coefficient (Wildman–Crippen LogP) is 3.20. The Morgan fingerprint density at radius 3 is 2.92 bits per heavy atom. The summed E-state index contributed by atoms with van der Waals surface area (Å²) in [7, 11) is 0. The first kappa shape index (κ1) is 9.50. The van der Waals surface area contributed by atoms with Gasteiger partial charge in [-0.15, -0.1) is 11.3 Å². The molecule has 0 amide bonds. The van der Waals surface area contributed by atoms with E-state index >= 15 is 0 Å². The van der Waals surface area contributed by atoms with E-state index in [4.69, 9.17) is 11.6 Å². The van der Waals surface area contributed by atoms with Crippen molar-refractivity contribution in [3.63, 3.8) is 0 Å². The number of thiophene rings is 1. The van der Waals surface area contributed by atoms with Crippen molar-refractivity contribution in [3.8, 4) is 0 Å². The van der Waals surface area contributed by atoms with Gasteiger partial charge in [0, 0.05) is 10.3 Å². The van der Waals surface area contributed by atoms with Gasteiger partial charge in [0.05, 0.1) is 11.1 Å². The third-order valence-electron chi connectivity index (χ3n) is 2.88. The number of hydrogen-bond acceptors (Lipinski definition) is 2. The van der Waals surface area contributed by atoms with Crippen LogP contribution in [0.5, 0.6) is 0 Å². The van der Waals surface area contributed by atoms with Gasteiger partial charge in [0.2, 0.25) is 0 Å². The van der Waals surface area contributed by atoms with E-state index in [2.05, 4.69) is 6.92 Å². The summed E-state index contributed by atoms with van der Waals surface area (Å²) in [6.45, 7) is 2.20. The maximum Gasteiger partial charge on any atom is 0.0550 e. The SMILES string of the molecule is CC1(c2sccc2Cl)CCC(O)C1. The van der Waals surface area contributed by atoms with Gasteiger partial charge in [-0.25, -0.2) is 0 Å². The van der Waals surface area contributed by atoms with Crippen LogP contribution in [0.3, 0.4) is 0 Å². The van der Waals surface area contributed by atoms with Crippen LogP contribution in [0, 0.1) is 0 Å². The zero-order valence-corrected chi connectivity index (χ0v) is 9.16. The number of rotatable bonds is 1. The normalized spacial score (nSPS) is 33.9. The van der Waals surface area contributed by atoms with Crippen molar-refractivity contribution >= 4 is 22.9 Å². The molecule has 1 N–H and O–H groups in total. The molecule has 1 nitrogen and oxygen atoms in total. The Morgan fingerprint density at radius 2 is 2.46 bits per heavy atom. The standard InChI is InChI=1S/C10H13ClOS/c1-10(4-2-7(12)6-10)9-8(11)3-5-13-9/h3,5,7,12H,2,4,6H2,1H3. The van der Waals surface area contributed by atoms with Crippen LogP contribution in [0.4, 0.5) is 0 Å². The highest BCUT2D eigenvalue weighted by atomic mass is 35.5. The van der Waals surface area contributed by atoms with Crippen LogP contribution in [0.2, 0.25) is 5.02 Å². The highest BCUT2D eigenvalue weighted by Gasteiger charge is 2.37. The molecular formula is C10H13ClOS. The topological polar surface area (TPSA) is 20.2 Å². The van der Waals surface area contributed by atoms with Gasteiger partial charge in [-0.2, -0.15) is 0 Å². The largest absolute Gasteiger partial charge is 0.393 e. The molecule has 0 spiro atoms. The van der Waals surface area contributed by atoms with Crippen molar-refractivity contribution in [2.75, 3.05) is 0 Å². The van der Waals surface area contributed by atoms with Crippen molar-refractivity contribution in [2.24, 2.45) is 0 Å². The first-order valence-corrected chi connectivity index (χ1v) is 5.79. The summed E-state index contributed by atoms with van der Waals surface area (Å²) in [5, 5.41) is 12.4. The highest BCUT2D eigenvalue weighted by molar-refractivity contribution is 7.10. The summed E-state index contributed by atoms with van der Waals surface area (Å²) in [5.41, 5.74) is 0.116. The molecule has 1 aromatic heterocycles. The summed E-state index contributed by atoms with van der Waals surface area (Å²) in [6.07, 6.45) is 2.68. The minimum atomic E-state index is -0.136. The van der Waals surface area contributed by atoms with Crippen LogP contribution in [0.25, 0.3) is 0 Å². The summed E-state index contributed by atoms with van der Waals surface area (Å²) in [5.74, 6) is 0. The van der Waals surface area contributed by atoms with Crippen molar-refractivity contribution in [1.29, 1.82) is 0 Å². The lowest BCUT2D eigenvalue weighted by Gasteiger charge is -2.22. The van der Waals surface area contributed by atoms with Crippen molar-refractivity contribution in [3.05, 3.63) is 21.3 Å². The lowest BCUT2D eigenvalue weighted by atomic mass is 9.87. The molecule has 2 atom stereocenters. The van der Waals surface area contributed by atoms with E-state index < -0.39 is 0 Å². The molecule has 2 unspecified atom stereocenters. The first-order chi connectivity index (χ1) is 6.12. The third kappa shape index (κ3) is 1.63. The number of halogens is 1. The van der Waals surface area contributed by atoms with Gasteiger partial charge in [0.1, 0.15) is 0 Å². The van der Waals surface area contributed by atoms with Crippen LogP contribution in [0.1, 0.15) is 31.1 Å². The fraction of sp³-hybridized carbons (Fsp3) is 0.600. The molecule has 13 heavy (non-hydrogen) atoms. The molecule has 0 radical (unpaired) electrons. The molecule has 0 aliphatic heterocycles. The summed E-state index contributed by atoms with van der Waals surface area (Å²) >= 11 is 7.79. The Kier molecular flexibility index (Phi) is 2.39. The smallest absolute Gasteiger partial charge is 0.0550 e. The maximum absolute atomic E-state index is 9.52. The zero-order valence-electron chi connectivity index (χ0n) is 7.59. The Bertz CT molecular complexity index is 310. The third-order valence-corrected chi connectivity index (χ3v) is 4.53. The molecular weight excluding hydrogens is 204 g/mol. The summed E-state index contributed by atoms with van der Waals surface area (Å²) < 4.78 is 0. The minimum Gasteiger partial charge on any atom is -0.393 e. The van der Waals surface area contributed by atoms with Gasteiger partial charge in [0.25, 0.3) is 0 Å². The number of aliphatic hydroxyl groups excluding tert-OH is 1. The maximum atomic E-state index is 9.52. The predicted molar refractivity (Wildman–Crippen MR) is 56.5 cm³/mol. The Hall–Kier alpha value is -0.0500. The Morgan fingerprint density at radius 1 is 1.69 bits per heavy atom. The van der Waals surface area contributed by atoms with Crippen LogP contribution in [-0.4, -0.2) is 11.2 Å². The van der Waals surface area contributed by atoms with E-state index in [-0.39, 0.29) is 11.5 Å². The average molecular weight is 217 g/mol. The van der Waals surface area contributed by atoms with E-state index in [1.165, 1.54) is 4.88 Å². The molecule has 3 heteroatoms. The molecule has 0 aromatic carbocycles. The van der Waals surface area contributed by atoms with E-state index in [1.54, 1.807) is 11.3 Å². The molecule has 1 fully saturated rings. The van der Waals surface area contributed by atoms with Gasteiger partial charge >= 0.3 is 0 Å². The van der Waals surface area contributed by atoms with E-state index in [1.807, 2.05) is 11.4 Å². The molecule has 0 saturated heterocycles. The fourth-order valence-electron chi connectivity index (χ4n) is 2.14. The molecule has 1 aromatic rings. The van der Waals surface area contributed by atoms with Gasteiger partial charge in [0.15, 0.2) is 0 Å². The van der Waals surface area contributed by atoms with Gasteiger partial charge in [-0.1, -0.05) is 18.5 Å².